The van der Waals surface area contributed by atoms with Crippen LogP contribution in [0.4, 0.5) is 0 Å². The van der Waals surface area contributed by atoms with Gasteiger partial charge in [-0.2, -0.15) is 4.40 Å². The van der Waals surface area contributed by atoms with Crippen molar-refractivity contribution in [2.75, 3.05) is 35.5 Å². The molecule has 0 radical (unpaired) electrons. The van der Waals surface area contributed by atoms with Crippen LogP contribution in [0.3, 0.4) is 0 Å². The largest absolute Gasteiger partial charge is 1.00 e. The second-order valence-electron chi connectivity index (χ2n) is 6.42. The lowest BCUT2D eigenvalue weighted by atomic mass is 10.0. The summed E-state index contributed by atoms with van der Waals surface area (Å²) in [6, 6.07) is 7.53. The number of nitrogens with zero attached hydrogens (tertiary/aromatic N) is 1. The molecule has 0 unspecified atom stereocenters. The highest BCUT2D eigenvalue weighted by Crippen LogP contribution is 2.51. The third kappa shape index (κ3) is 2.99. The number of phenolic OH excluding ortho intramolecular Hbond substituents is 1. The zero-order valence-corrected chi connectivity index (χ0v) is 18.9. The summed E-state index contributed by atoms with van der Waals surface area (Å²) in [5.74, 6) is 2.52. The Morgan fingerprint density at radius 1 is 0.733 bits per heavy atom. The number of benzene rings is 2. The van der Waals surface area contributed by atoms with Gasteiger partial charge in [0.2, 0.25) is 17.0 Å². The fraction of sp³-hybridized carbons (Fsp3) is 0.227. The van der Waals surface area contributed by atoms with Crippen molar-refractivity contribution in [3.05, 3.63) is 36.7 Å². The van der Waals surface area contributed by atoms with Gasteiger partial charge in [-0.05, 0) is 17.5 Å². The first kappa shape index (κ1) is 21.6. The van der Waals surface area contributed by atoms with E-state index in [9.17, 15) is 5.11 Å². The number of rotatable bonds is 5. The van der Waals surface area contributed by atoms with Gasteiger partial charge in [0.05, 0.1) is 40.9 Å². The van der Waals surface area contributed by atoms with E-state index in [1.54, 1.807) is 34.5 Å². The first-order valence-corrected chi connectivity index (χ1v) is 8.92. The lowest BCUT2D eigenvalue weighted by Gasteiger charge is -2.18. The maximum Gasteiger partial charge on any atom is 0.223 e. The molecule has 0 aliphatic carbocycles. The first-order chi connectivity index (χ1) is 14.1. The van der Waals surface area contributed by atoms with Gasteiger partial charge in [0.25, 0.3) is 0 Å². The Labute approximate surface area is 184 Å². The Morgan fingerprint density at radius 2 is 1.37 bits per heavy atom. The van der Waals surface area contributed by atoms with Crippen molar-refractivity contribution in [3.8, 4) is 34.5 Å². The monoisotopic (exact) mass is 475 g/mol. The van der Waals surface area contributed by atoms with Crippen LogP contribution in [0.15, 0.2) is 36.7 Å². The van der Waals surface area contributed by atoms with Crippen molar-refractivity contribution in [1.82, 2.24) is 0 Å². The van der Waals surface area contributed by atoms with Gasteiger partial charge in [0.15, 0.2) is 35.4 Å². The predicted molar refractivity (Wildman–Crippen MR) is 109 cm³/mol. The number of phenols is 1. The summed E-state index contributed by atoms with van der Waals surface area (Å²) in [4.78, 5) is 0. The van der Waals surface area contributed by atoms with E-state index < -0.39 is 0 Å². The molecule has 1 N–H and O–H groups in total. The summed E-state index contributed by atoms with van der Waals surface area (Å²) >= 11 is 0. The van der Waals surface area contributed by atoms with Crippen LogP contribution in [-0.4, -0.2) is 40.7 Å². The molecule has 2 heterocycles. The summed E-state index contributed by atoms with van der Waals surface area (Å²) in [5, 5.41) is 13.7. The molecule has 2 aromatic heterocycles. The van der Waals surface area contributed by atoms with Crippen LogP contribution in [0.5, 0.6) is 34.5 Å². The Bertz CT molecular complexity index is 1260. The number of aromatic hydroxyl groups is 1. The number of hydrogen-bond acceptors (Lipinski definition) is 6. The van der Waals surface area contributed by atoms with Crippen molar-refractivity contribution in [2.45, 2.75) is 0 Å². The van der Waals surface area contributed by atoms with Crippen molar-refractivity contribution < 1.29 is 50.2 Å². The van der Waals surface area contributed by atoms with Crippen LogP contribution in [-0.2, 0) is 0 Å². The third-order valence-corrected chi connectivity index (χ3v) is 5.11. The summed E-state index contributed by atoms with van der Waals surface area (Å²) in [6.45, 7) is 0. The van der Waals surface area contributed by atoms with Gasteiger partial charge in [-0.25, -0.2) is 0 Å². The highest BCUT2D eigenvalue weighted by atomic mass is 79.9. The number of ether oxygens (including phenoxy) is 5. The summed E-state index contributed by atoms with van der Waals surface area (Å²) in [6.07, 6.45) is 3.74. The van der Waals surface area contributed by atoms with Crippen molar-refractivity contribution >= 4 is 27.1 Å². The average Bonchev–Trinajstić information content (AvgIpc) is 2.76. The highest BCUT2D eigenvalue weighted by Gasteiger charge is 2.27. The molecule has 2 aromatic carbocycles. The molecule has 0 bridgehead atoms. The Kier molecular flexibility index (Phi) is 5.98. The van der Waals surface area contributed by atoms with Gasteiger partial charge < -0.3 is 45.8 Å². The van der Waals surface area contributed by atoms with E-state index in [0.29, 0.717) is 34.1 Å². The number of halogens is 1. The Hall–Kier alpha value is -3.13. The highest BCUT2D eigenvalue weighted by molar-refractivity contribution is 6.07. The van der Waals surface area contributed by atoms with Gasteiger partial charge >= 0.3 is 0 Å². The fourth-order valence-electron chi connectivity index (χ4n) is 3.80. The van der Waals surface area contributed by atoms with E-state index in [4.69, 9.17) is 23.7 Å². The molecule has 4 rings (SSSR count). The molecule has 158 valence electrons. The summed E-state index contributed by atoms with van der Waals surface area (Å²) in [5.41, 5.74) is 0.857. The second kappa shape index (κ2) is 8.31. The fourth-order valence-corrected chi connectivity index (χ4v) is 3.80. The molecule has 0 spiro atoms. The SMILES string of the molecule is COc1ccc2cc3c4c(OC)c(OC)c(OC)c(OC)c4cc[n+]3cc2c1O.[Br-]. The average molecular weight is 476 g/mol. The number of methoxy groups -OCH3 is 5. The maximum atomic E-state index is 10.5. The smallest absolute Gasteiger partial charge is 0.223 e. The van der Waals surface area contributed by atoms with Crippen LogP contribution in [0.1, 0.15) is 0 Å². The van der Waals surface area contributed by atoms with Gasteiger partial charge in [-0.15, -0.1) is 0 Å². The standard InChI is InChI=1S/C22H21NO6.BrH/c1-25-16-7-6-12-10-15-17-13(8-9-23(15)11-14(12)18(16)24)19(26-2)21(28-4)22(29-5)20(17)27-3;/h6-11H,1-5H3;1H. The van der Waals surface area contributed by atoms with Crippen LogP contribution < -0.4 is 45.1 Å². The normalized spacial score (nSPS) is 10.7. The van der Waals surface area contributed by atoms with Crippen molar-refractivity contribution in [3.63, 3.8) is 0 Å². The molecular weight excluding hydrogens is 454 g/mol. The molecule has 8 heteroatoms. The quantitative estimate of drug-likeness (QED) is 0.257. The zero-order valence-electron chi connectivity index (χ0n) is 17.3. The predicted octanol–water partition coefficient (Wildman–Crippen LogP) is 0.484. The van der Waals surface area contributed by atoms with E-state index in [1.807, 2.05) is 35.0 Å². The van der Waals surface area contributed by atoms with Crippen LogP contribution in [0, 0.1) is 0 Å². The van der Waals surface area contributed by atoms with E-state index in [1.165, 1.54) is 7.11 Å². The molecule has 0 saturated heterocycles. The molecular formula is C22H22BrNO6. The molecule has 0 aliphatic heterocycles. The molecule has 4 aromatic rings. The van der Waals surface area contributed by atoms with E-state index >= 15 is 0 Å². The second-order valence-corrected chi connectivity index (χ2v) is 6.42. The van der Waals surface area contributed by atoms with E-state index in [0.717, 1.165) is 21.7 Å². The molecule has 30 heavy (non-hydrogen) atoms. The van der Waals surface area contributed by atoms with E-state index in [-0.39, 0.29) is 22.7 Å². The van der Waals surface area contributed by atoms with Crippen LogP contribution in [0.25, 0.3) is 27.1 Å². The molecule has 0 amide bonds. The van der Waals surface area contributed by atoms with Crippen LogP contribution in [0.2, 0.25) is 0 Å². The minimum Gasteiger partial charge on any atom is -1.00 e. The Morgan fingerprint density at radius 3 is 1.97 bits per heavy atom. The van der Waals surface area contributed by atoms with Gasteiger partial charge in [-0.3, -0.25) is 0 Å². The van der Waals surface area contributed by atoms with Crippen molar-refractivity contribution in [1.29, 1.82) is 0 Å². The third-order valence-electron chi connectivity index (χ3n) is 5.11. The minimum absolute atomic E-state index is 0. The number of aromatic nitrogens is 1. The lowest BCUT2D eigenvalue weighted by molar-refractivity contribution is -0.509. The minimum atomic E-state index is 0. The van der Waals surface area contributed by atoms with Gasteiger partial charge in [-0.1, -0.05) is 0 Å². The molecule has 0 atom stereocenters. The van der Waals surface area contributed by atoms with E-state index in [2.05, 4.69) is 0 Å². The van der Waals surface area contributed by atoms with Gasteiger partial charge in [0.1, 0.15) is 5.39 Å². The Balaban J connectivity index is 0.00000256. The molecule has 0 saturated carbocycles. The molecule has 0 aliphatic rings. The van der Waals surface area contributed by atoms with Gasteiger partial charge in [0, 0.05) is 17.5 Å². The first-order valence-electron chi connectivity index (χ1n) is 8.92. The lowest BCUT2D eigenvalue weighted by Crippen LogP contribution is -3.00. The molecule has 0 fully saturated rings. The topological polar surface area (TPSA) is 70.5 Å². The number of hydrogen-bond donors (Lipinski definition) is 1. The molecule has 7 nitrogen and oxygen atoms in total. The zero-order chi connectivity index (χ0) is 20.7. The number of pyridine rings is 2. The maximum absolute atomic E-state index is 10.5. The number of fused-ring (bicyclic) bond motifs is 4. The summed E-state index contributed by atoms with van der Waals surface area (Å²) in [7, 11) is 7.82. The van der Waals surface area contributed by atoms with Crippen molar-refractivity contribution in [2.24, 2.45) is 0 Å². The van der Waals surface area contributed by atoms with Crippen LogP contribution >= 0.6 is 0 Å². The summed E-state index contributed by atoms with van der Waals surface area (Å²) < 4.78 is 29.7.